The van der Waals surface area contributed by atoms with Gasteiger partial charge >= 0.3 is 36.3 Å². The molecule has 0 aliphatic rings. The van der Waals surface area contributed by atoms with Crippen molar-refractivity contribution in [2.45, 2.75) is 30.3 Å². The molecule has 0 aromatic rings. The molecule has 0 aliphatic heterocycles. The lowest BCUT2D eigenvalue weighted by Gasteiger charge is -2.37. The van der Waals surface area contributed by atoms with Gasteiger partial charge in [-0.2, -0.15) is 52.7 Å². The summed E-state index contributed by atoms with van der Waals surface area (Å²) in [6.07, 6.45) is -27.9. The molecule has 0 atom stereocenters. The predicted molar refractivity (Wildman–Crippen MR) is 42.2 cm³/mol. The van der Waals surface area contributed by atoms with Gasteiger partial charge in [-0.05, 0) is 0 Å². The average molecular weight is 358 g/mol. The van der Waals surface area contributed by atoms with Gasteiger partial charge in [0.05, 0.1) is 0 Å². The Morgan fingerprint density at radius 3 is 1.14 bits per heavy atom. The maximum Gasteiger partial charge on any atom is 0.447 e. The Balaban J connectivity index is 6.16. The zero-order chi connectivity index (χ0) is 18.4. The van der Waals surface area contributed by atoms with E-state index in [2.05, 4.69) is 4.74 Å². The summed E-state index contributed by atoms with van der Waals surface area (Å²) in [5.74, 6) is -3.57. The van der Waals surface area contributed by atoms with Crippen LogP contribution in [0.15, 0.2) is 12.2 Å². The van der Waals surface area contributed by atoms with Crippen molar-refractivity contribution in [1.82, 2.24) is 0 Å². The minimum atomic E-state index is -7.33. The predicted octanol–water partition coefficient (Wildman–Crippen LogP) is 4.07. The molecule has 0 unspecified atom stereocenters. The minimum absolute atomic E-state index is 1.75. The van der Waals surface area contributed by atoms with Gasteiger partial charge in [0.15, 0.2) is 0 Å². The molecule has 2 nitrogen and oxygen atoms in total. The lowest BCUT2D eigenvalue weighted by molar-refractivity contribution is -0.446. The fraction of sp³-hybridized carbons (Fsp3) is 0.625. The summed E-state index contributed by atoms with van der Waals surface area (Å²) >= 11 is 0. The number of ether oxygens (including phenoxy) is 1. The zero-order valence-corrected chi connectivity index (χ0v) is 9.56. The third kappa shape index (κ3) is 3.40. The van der Waals surface area contributed by atoms with Gasteiger partial charge in [0, 0.05) is 0 Å². The van der Waals surface area contributed by atoms with Crippen LogP contribution in [0.3, 0.4) is 0 Å². The lowest BCUT2D eigenvalue weighted by Crippen LogP contribution is -2.68. The summed E-state index contributed by atoms with van der Waals surface area (Å²) in [6, 6.07) is 0. The van der Waals surface area contributed by atoms with E-state index in [4.69, 9.17) is 0 Å². The highest BCUT2D eigenvalue weighted by Crippen LogP contribution is 2.55. The molecule has 14 heteroatoms. The van der Waals surface area contributed by atoms with Crippen LogP contribution in [-0.4, -0.2) is 36.3 Å². The molecule has 0 bridgehead atoms. The van der Waals surface area contributed by atoms with Crippen molar-refractivity contribution in [2.24, 2.45) is 0 Å². The van der Waals surface area contributed by atoms with E-state index in [1.165, 1.54) is 0 Å². The van der Waals surface area contributed by atoms with Crippen LogP contribution in [0.1, 0.15) is 0 Å². The van der Waals surface area contributed by atoms with E-state index >= 15 is 0 Å². The van der Waals surface area contributed by atoms with Crippen molar-refractivity contribution < 1.29 is 62.2 Å². The Bertz CT molecular complexity index is 412. The topological polar surface area (TPSA) is 26.3 Å². The summed E-state index contributed by atoms with van der Waals surface area (Å²) in [6.45, 7) is 1.75. The standard InChI is InChI=1S/C8H2F12O2/c1-2(4(9,10)11)3(21)22-5(6(12,13)14,7(15,16)17)8(18,19)20/h1H2. The molecule has 0 saturated carbocycles. The van der Waals surface area contributed by atoms with Gasteiger partial charge in [-0.3, -0.25) is 0 Å². The Kier molecular flexibility index (Phi) is 4.84. The van der Waals surface area contributed by atoms with E-state index in [9.17, 15) is 57.5 Å². The summed E-state index contributed by atoms with van der Waals surface area (Å²) in [7, 11) is 0. The molecule has 0 aliphatic carbocycles. The third-order valence-corrected chi connectivity index (χ3v) is 2.03. The van der Waals surface area contributed by atoms with Gasteiger partial charge in [0.2, 0.25) is 0 Å². The molecule has 0 aromatic heterocycles. The summed E-state index contributed by atoms with van der Waals surface area (Å²) in [5.41, 5.74) is -10.1. The highest BCUT2D eigenvalue weighted by Gasteiger charge is 2.87. The molecule has 0 rings (SSSR count). The van der Waals surface area contributed by atoms with E-state index in [1.54, 1.807) is 6.58 Å². The smallest absolute Gasteiger partial charge is 0.428 e. The van der Waals surface area contributed by atoms with Crippen LogP contribution in [0.5, 0.6) is 0 Å². The van der Waals surface area contributed by atoms with Crippen LogP contribution in [0.2, 0.25) is 0 Å². The van der Waals surface area contributed by atoms with Crippen molar-refractivity contribution >= 4 is 5.97 Å². The van der Waals surface area contributed by atoms with Crippen LogP contribution in [0, 0.1) is 0 Å². The molecule has 130 valence electrons. The monoisotopic (exact) mass is 358 g/mol. The largest absolute Gasteiger partial charge is 0.447 e. The van der Waals surface area contributed by atoms with E-state index in [1.807, 2.05) is 0 Å². The fourth-order valence-electron chi connectivity index (χ4n) is 0.972. The van der Waals surface area contributed by atoms with E-state index in [0.717, 1.165) is 0 Å². The van der Waals surface area contributed by atoms with Crippen molar-refractivity contribution in [1.29, 1.82) is 0 Å². The van der Waals surface area contributed by atoms with Crippen LogP contribution < -0.4 is 0 Å². The first-order valence-electron chi connectivity index (χ1n) is 4.48. The van der Waals surface area contributed by atoms with Gasteiger partial charge in [0.25, 0.3) is 0 Å². The number of rotatable bonds is 2. The number of halogens is 12. The van der Waals surface area contributed by atoms with Gasteiger partial charge in [-0.15, -0.1) is 0 Å². The number of carbonyl (C=O) groups excluding carboxylic acids is 1. The SMILES string of the molecule is C=C(C(=O)OC(C(F)(F)F)(C(F)(F)F)C(F)(F)F)C(F)(F)F. The summed E-state index contributed by atoms with van der Waals surface area (Å²) < 4.78 is 148. The van der Waals surface area contributed by atoms with Crippen molar-refractivity contribution in [3.05, 3.63) is 12.2 Å². The number of alkyl halides is 12. The van der Waals surface area contributed by atoms with E-state index < -0.39 is 41.8 Å². The second kappa shape index (κ2) is 5.22. The fourth-order valence-corrected chi connectivity index (χ4v) is 0.972. The van der Waals surface area contributed by atoms with Crippen molar-refractivity contribution in [3.8, 4) is 0 Å². The molecular formula is C8H2F12O2. The summed E-state index contributed by atoms with van der Waals surface area (Å²) in [5, 5.41) is 0. The average Bonchev–Trinajstić information content (AvgIpc) is 2.17. The third-order valence-electron chi connectivity index (χ3n) is 2.03. The van der Waals surface area contributed by atoms with Crippen molar-refractivity contribution in [2.75, 3.05) is 0 Å². The minimum Gasteiger partial charge on any atom is -0.428 e. The number of esters is 1. The number of hydrogen-bond acceptors (Lipinski definition) is 2. The molecule has 0 N–H and O–H groups in total. The van der Waals surface area contributed by atoms with E-state index in [0.29, 0.717) is 0 Å². The van der Waals surface area contributed by atoms with Crippen molar-refractivity contribution in [3.63, 3.8) is 0 Å². The Morgan fingerprint density at radius 2 is 0.955 bits per heavy atom. The zero-order valence-electron chi connectivity index (χ0n) is 9.56. The van der Waals surface area contributed by atoms with Gasteiger partial charge < -0.3 is 4.74 Å². The second-order valence-corrected chi connectivity index (χ2v) is 3.54. The Labute approximate surface area is 112 Å². The highest BCUT2D eigenvalue weighted by molar-refractivity contribution is 5.89. The van der Waals surface area contributed by atoms with E-state index in [-0.39, 0.29) is 0 Å². The highest BCUT2D eigenvalue weighted by atomic mass is 19.4. The first-order valence-corrected chi connectivity index (χ1v) is 4.48. The molecular weight excluding hydrogens is 356 g/mol. The molecule has 0 fully saturated rings. The molecule has 0 radical (unpaired) electrons. The quantitative estimate of drug-likeness (QED) is 0.423. The molecule has 0 amide bonds. The Morgan fingerprint density at radius 1 is 0.682 bits per heavy atom. The number of hydrogen-bond donors (Lipinski definition) is 0. The molecule has 22 heavy (non-hydrogen) atoms. The molecule has 0 aromatic carbocycles. The first kappa shape index (κ1) is 20.4. The van der Waals surface area contributed by atoms with Gasteiger partial charge in [-0.25, -0.2) is 4.79 Å². The molecule has 0 saturated heterocycles. The van der Waals surface area contributed by atoms with Gasteiger partial charge in [-0.1, -0.05) is 6.58 Å². The first-order chi connectivity index (χ1) is 9.29. The van der Waals surface area contributed by atoms with Crippen LogP contribution in [0.25, 0.3) is 0 Å². The van der Waals surface area contributed by atoms with Crippen LogP contribution >= 0.6 is 0 Å². The van der Waals surface area contributed by atoms with Crippen LogP contribution in [0.4, 0.5) is 52.7 Å². The van der Waals surface area contributed by atoms with Crippen LogP contribution in [-0.2, 0) is 9.53 Å². The molecule has 0 spiro atoms. The lowest BCUT2D eigenvalue weighted by atomic mass is 10.0. The second-order valence-electron chi connectivity index (χ2n) is 3.54. The maximum absolute atomic E-state index is 12.3. The molecule has 0 heterocycles. The number of carbonyl (C=O) groups is 1. The Hall–Kier alpha value is -1.63. The summed E-state index contributed by atoms with van der Waals surface area (Å²) in [4.78, 5) is 10.6. The van der Waals surface area contributed by atoms with Gasteiger partial charge in [0.1, 0.15) is 5.57 Å². The maximum atomic E-state index is 12.3. The normalized spacial score (nSPS) is 14.7.